The quantitative estimate of drug-likeness (QED) is 0.906. The van der Waals surface area contributed by atoms with Gasteiger partial charge in [-0.05, 0) is 33.2 Å². The Morgan fingerprint density at radius 3 is 2.55 bits per heavy atom. The summed E-state index contributed by atoms with van der Waals surface area (Å²) in [6.07, 6.45) is 0. The van der Waals surface area contributed by atoms with Crippen LogP contribution in [0.3, 0.4) is 0 Å². The molecule has 0 saturated carbocycles. The van der Waals surface area contributed by atoms with Crippen LogP contribution in [0.25, 0.3) is 11.3 Å². The monoisotopic (exact) mass is 341 g/mol. The molecule has 2 aromatic rings. The van der Waals surface area contributed by atoms with Crippen molar-refractivity contribution in [3.05, 3.63) is 39.6 Å². The molecule has 1 aromatic carbocycles. The topological polar surface area (TPSA) is 58.4 Å². The van der Waals surface area contributed by atoms with E-state index in [1.165, 1.54) is 0 Å². The van der Waals surface area contributed by atoms with Crippen molar-refractivity contribution in [2.24, 2.45) is 0 Å². The van der Waals surface area contributed by atoms with Gasteiger partial charge in [-0.25, -0.2) is 0 Å². The van der Waals surface area contributed by atoms with E-state index < -0.39 is 0 Å². The molecule has 0 radical (unpaired) electrons. The van der Waals surface area contributed by atoms with Crippen molar-refractivity contribution < 1.29 is 9.32 Å². The highest BCUT2D eigenvalue weighted by Gasteiger charge is 2.24. The largest absolute Gasteiger partial charge is 0.360 e. The molecule has 0 unspecified atom stereocenters. The van der Waals surface area contributed by atoms with Gasteiger partial charge in [0.2, 0.25) is 0 Å². The molecule has 1 amide bonds. The van der Waals surface area contributed by atoms with Crippen molar-refractivity contribution >= 4 is 29.1 Å². The third kappa shape index (κ3) is 3.61. The van der Waals surface area contributed by atoms with E-state index >= 15 is 0 Å². The molecular weight excluding hydrogens is 325 g/mol. The number of carbonyl (C=O) groups excluding carboxylic acids is 1. The maximum atomic E-state index is 12.4. The van der Waals surface area contributed by atoms with Crippen LogP contribution in [0.4, 0.5) is 0 Å². The number of hydrogen-bond donors (Lipinski definition) is 1. The molecule has 0 aliphatic rings. The number of nitrogens with one attached hydrogen (secondary N) is 1. The van der Waals surface area contributed by atoms with E-state index in [9.17, 15) is 4.79 Å². The Bertz CT molecular complexity index is 663. The third-order valence-electron chi connectivity index (χ3n) is 3.13. The van der Waals surface area contributed by atoms with Crippen LogP contribution in [0, 0.1) is 6.92 Å². The van der Waals surface area contributed by atoms with Gasteiger partial charge in [-0.1, -0.05) is 34.4 Å². The highest BCUT2D eigenvalue weighted by atomic mass is 35.5. The Balaban J connectivity index is 2.34. The zero-order chi connectivity index (χ0) is 16.3. The van der Waals surface area contributed by atoms with Crippen LogP contribution in [0.15, 0.2) is 22.7 Å². The lowest BCUT2D eigenvalue weighted by molar-refractivity contribution is 0.0950. The van der Waals surface area contributed by atoms with Gasteiger partial charge in [-0.15, -0.1) is 0 Å². The molecule has 1 heterocycles. The van der Waals surface area contributed by atoms with Crippen LogP contribution in [0.1, 0.15) is 16.1 Å². The van der Waals surface area contributed by atoms with E-state index in [1.54, 1.807) is 25.1 Å². The van der Waals surface area contributed by atoms with Crippen molar-refractivity contribution in [2.45, 2.75) is 6.92 Å². The fourth-order valence-electron chi connectivity index (χ4n) is 2.02. The zero-order valence-corrected chi connectivity index (χ0v) is 14.1. The van der Waals surface area contributed by atoms with Crippen molar-refractivity contribution in [1.82, 2.24) is 15.4 Å². The van der Waals surface area contributed by atoms with Gasteiger partial charge >= 0.3 is 0 Å². The van der Waals surface area contributed by atoms with Crippen LogP contribution in [-0.2, 0) is 0 Å². The molecule has 0 spiro atoms. The fourth-order valence-corrected chi connectivity index (χ4v) is 2.59. The second-order valence-corrected chi connectivity index (χ2v) is 5.93. The van der Waals surface area contributed by atoms with Crippen LogP contribution in [0.5, 0.6) is 0 Å². The number of nitrogens with zero attached hydrogens (tertiary/aromatic N) is 2. The molecule has 0 aliphatic carbocycles. The summed E-state index contributed by atoms with van der Waals surface area (Å²) in [5.74, 6) is 0.167. The smallest absolute Gasteiger partial charge is 0.257 e. The first-order valence-electron chi connectivity index (χ1n) is 6.75. The molecule has 1 aromatic heterocycles. The molecule has 0 bridgehead atoms. The summed E-state index contributed by atoms with van der Waals surface area (Å²) in [6, 6.07) is 5.12. The van der Waals surface area contributed by atoms with Crippen molar-refractivity contribution in [3.63, 3.8) is 0 Å². The lowest BCUT2D eigenvalue weighted by Gasteiger charge is -2.11. The van der Waals surface area contributed by atoms with Gasteiger partial charge < -0.3 is 14.7 Å². The van der Waals surface area contributed by atoms with Gasteiger partial charge in [-0.3, -0.25) is 4.79 Å². The summed E-state index contributed by atoms with van der Waals surface area (Å²) in [6.45, 7) is 2.94. The SMILES string of the molecule is Cc1onc(-c2c(Cl)cccc2Cl)c1C(=O)NCCN(C)C. The van der Waals surface area contributed by atoms with Crippen molar-refractivity contribution in [1.29, 1.82) is 0 Å². The molecule has 7 heteroatoms. The van der Waals surface area contributed by atoms with Crippen molar-refractivity contribution in [3.8, 4) is 11.3 Å². The molecule has 0 aliphatic heterocycles. The zero-order valence-electron chi connectivity index (χ0n) is 12.6. The highest BCUT2D eigenvalue weighted by molar-refractivity contribution is 6.39. The highest BCUT2D eigenvalue weighted by Crippen LogP contribution is 2.36. The van der Waals surface area contributed by atoms with Gasteiger partial charge in [0, 0.05) is 18.7 Å². The summed E-state index contributed by atoms with van der Waals surface area (Å²) in [5.41, 5.74) is 1.21. The second kappa shape index (κ2) is 7.13. The number of halogens is 2. The first kappa shape index (κ1) is 16.8. The minimum absolute atomic E-state index is 0.258. The summed E-state index contributed by atoms with van der Waals surface area (Å²) in [4.78, 5) is 14.4. The van der Waals surface area contributed by atoms with Gasteiger partial charge in [0.05, 0.1) is 10.0 Å². The molecular formula is C15H17Cl2N3O2. The Morgan fingerprint density at radius 2 is 1.95 bits per heavy atom. The summed E-state index contributed by atoms with van der Waals surface area (Å²) >= 11 is 12.4. The average Bonchev–Trinajstić information content (AvgIpc) is 2.80. The van der Waals surface area contributed by atoms with E-state index in [4.69, 9.17) is 27.7 Å². The number of benzene rings is 1. The number of amides is 1. The third-order valence-corrected chi connectivity index (χ3v) is 3.76. The average molecular weight is 342 g/mol. The van der Waals surface area contributed by atoms with E-state index in [0.717, 1.165) is 6.54 Å². The van der Waals surface area contributed by atoms with Gasteiger partial charge in [0.15, 0.2) is 0 Å². The minimum atomic E-state index is -0.258. The number of rotatable bonds is 5. The van der Waals surface area contributed by atoms with E-state index in [-0.39, 0.29) is 5.91 Å². The second-order valence-electron chi connectivity index (χ2n) is 5.12. The van der Waals surface area contributed by atoms with Gasteiger partial charge in [0.1, 0.15) is 17.0 Å². The number of aryl methyl sites for hydroxylation is 1. The Labute approximate surface area is 139 Å². The molecule has 2 rings (SSSR count). The summed E-state index contributed by atoms with van der Waals surface area (Å²) in [7, 11) is 3.87. The number of carbonyl (C=O) groups is 1. The van der Waals surface area contributed by atoms with Gasteiger partial charge in [0.25, 0.3) is 5.91 Å². The Kier molecular flexibility index (Phi) is 5.45. The maximum Gasteiger partial charge on any atom is 0.257 e. The van der Waals surface area contributed by atoms with E-state index in [2.05, 4.69) is 10.5 Å². The summed E-state index contributed by atoms with van der Waals surface area (Å²) < 4.78 is 5.17. The summed E-state index contributed by atoms with van der Waals surface area (Å²) in [5, 5.41) is 7.64. The van der Waals surface area contributed by atoms with Gasteiger partial charge in [-0.2, -0.15) is 0 Å². The van der Waals surface area contributed by atoms with Crippen LogP contribution in [-0.4, -0.2) is 43.1 Å². The molecule has 0 fully saturated rings. The predicted octanol–water partition coefficient (Wildman–Crippen LogP) is 3.25. The first-order chi connectivity index (χ1) is 10.4. The molecule has 22 heavy (non-hydrogen) atoms. The molecule has 5 nitrogen and oxygen atoms in total. The number of likely N-dealkylation sites (N-methyl/N-ethyl adjacent to an activating group) is 1. The van der Waals surface area contributed by atoms with E-state index in [0.29, 0.717) is 39.2 Å². The number of aromatic nitrogens is 1. The lowest BCUT2D eigenvalue weighted by atomic mass is 10.1. The Morgan fingerprint density at radius 1 is 1.32 bits per heavy atom. The van der Waals surface area contributed by atoms with Crippen LogP contribution < -0.4 is 5.32 Å². The van der Waals surface area contributed by atoms with Crippen LogP contribution >= 0.6 is 23.2 Å². The fraction of sp³-hybridized carbons (Fsp3) is 0.333. The molecule has 0 atom stereocenters. The maximum absolute atomic E-state index is 12.4. The minimum Gasteiger partial charge on any atom is -0.360 e. The Hall–Kier alpha value is -1.56. The normalized spacial score (nSPS) is 11.0. The van der Waals surface area contributed by atoms with Crippen LogP contribution in [0.2, 0.25) is 10.0 Å². The molecule has 1 N–H and O–H groups in total. The first-order valence-corrected chi connectivity index (χ1v) is 7.51. The number of hydrogen-bond acceptors (Lipinski definition) is 4. The standard InChI is InChI=1S/C15H17Cl2N3O2/c1-9-12(15(21)18-7-8-20(2)3)14(19-22-9)13-10(16)5-4-6-11(13)17/h4-6H,7-8H2,1-3H3,(H,18,21). The molecule has 118 valence electrons. The lowest BCUT2D eigenvalue weighted by Crippen LogP contribution is -2.31. The predicted molar refractivity (Wildman–Crippen MR) is 87.6 cm³/mol. The van der Waals surface area contributed by atoms with E-state index in [1.807, 2.05) is 19.0 Å². The van der Waals surface area contributed by atoms with Crippen molar-refractivity contribution in [2.75, 3.05) is 27.2 Å². The molecule has 0 saturated heterocycles.